The molecule has 4 nitrogen and oxygen atoms in total. The van der Waals surface area contributed by atoms with E-state index in [4.69, 9.17) is 18.0 Å². The Morgan fingerprint density at radius 2 is 1.73 bits per heavy atom. The van der Waals surface area contributed by atoms with Crippen molar-refractivity contribution in [3.8, 4) is 0 Å². The second kappa shape index (κ2) is 9.32. The van der Waals surface area contributed by atoms with Gasteiger partial charge in [0.05, 0.1) is 4.90 Å². The fourth-order valence-corrected chi connectivity index (χ4v) is 3.83. The van der Waals surface area contributed by atoms with Crippen LogP contribution in [0.4, 0.5) is 17.1 Å². The molecular formula is C24H26N4S2. The highest BCUT2D eigenvalue weighted by Gasteiger charge is 2.13. The van der Waals surface area contributed by atoms with Gasteiger partial charge in [-0.3, -0.25) is 4.98 Å². The van der Waals surface area contributed by atoms with Gasteiger partial charge in [-0.25, -0.2) is 0 Å². The maximum Gasteiger partial charge on any atom is 0.175 e. The summed E-state index contributed by atoms with van der Waals surface area (Å²) in [4.78, 5) is 5.90. The molecule has 0 atom stereocenters. The van der Waals surface area contributed by atoms with Gasteiger partial charge in [0.25, 0.3) is 0 Å². The Bertz CT molecular complexity index is 1050. The normalized spacial score (nSPS) is 11.0. The summed E-state index contributed by atoms with van der Waals surface area (Å²) < 4.78 is 0. The first kappa shape index (κ1) is 21.9. The molecule has 0 aliphatic rings. The number of nitrogens with two attached hydrogens (primary N) is 1. The zero-order chi connectivity index (χ0) is 21.7. The molecule has 0 bridgehead atoms. The van der Waals surface area contributed by atoms with Gasteiger partial charge >= 0.3 is 0 Å². The lowest BCUT2D eigenvalue weighted by Gasteiger charge is -2.19. The average molecular weight is 435 g/mol. The number of benzene rings is 2. The van der Waals surface area contributed by atoms with Crippen LogP contribution in [0.3, 0.4) is 0 Å². The van der Waals surface area contributed by atoms with Gasteiger partial charge in [0.15, 0.2) is 5.11 Å². The van der Waals surface area contributed by atoms with Crippen LogP contribution in [0.25, 0.3) is 4.91 Å². The van der Waals surface area contributed by atoms with Crippen molar-refractivity contribution >= 4 is 51.1 Å². The second-order valence-electron chi connectivity index (χ2n) is 7.93. The monoisotopic (exact) mass is 434 g/mol. The van der Waals surface area contributed by atoms with Crippen LogP contribution >= 0.6 is 24.0 Å². The maximum atomic E-state index is 6.01. The van der Waals surface area contributed by atoms with Crippen LogP contribution in [0, 0.1) is 0 Å². The van der Waals surface area contributed by atoms with E-state index in [1.54, 1.807) is 18.5 Å². The summed E-state index contributed by atoms with van der Waals surface area (Å²) in [5.74, 6) is 0. The van der Waals surface area contributed by atoms with Crippen molar-refractivity contribution in [1.82, 2.24) is 4.98 Å². The Labute approximate surface area is 188 Å². The third-order valence-corrected chi connectivity index (χ3v) is 5.75. The van der Waals surface area contributed by atoms with Crippen LogP contribution in [0.1, 0.15) is 31.9 Å². The van der Waals surface area contributed by atoms with E-state index in [9.17, 15) is 0 Å². The van der Waals surface area contributed by atoms with E-state index in [-0.39, 0.29) is 5.41 Å². The summed E-state index contributed by atoms with van der Waals surface area (Å²) in [5, 5.41) is 7.00. The van der Waals surface area contributed by atoms with E-state index in [0.717, 1.165) is 26.7 Å². The van der Waals surface area contributed by atoms with Gasteiger partial charge in [-0.05, 0) is 59.1 Å². The third kappa shape index (κ3) is 5.84. The molecule has 0 aliphatic carbocycles. The van der Waals surface area contributed by atoms with Crippen molar-refractivity contribution in [3.63, 3.8) is 0 Å². The van der Waals surface area contributed by atoms with Gasteiger partial charge in [0.2, 0.25) is 0 Å². The molecule has 0 unspecified atom stereocenters. The number of hydrogen-bond donors (Lipinski definition) is 3. The molecule has 4 N–H and O–H groups in total. The largest absolute Gasteiger partial charge is 0.398 e. The molecule has 1 aromatic heterocycles. The molecule has 30 heavy (non-hydrogen) atoms. The lowest BCUT2D eigenvalue weighted by Crippen LogP contribution is -2.19. The molecule has 3 rings (SSSR count). The molecular weight excluding hydrogens is 408 g/mol. The van der Waals surface area contributed by atoms with Crippen LogP contribution in [0.5, 0.6) is 0 Å². The Morgan fingerprint density at radius 3 is 2.40 bits per heavy atom. The van der Waals surface area contributed by atoms with Gasteiger partial charge in [0, 0.05) is 34.4 Å². The first-order chi connectivity index (χ1) is 14.2. The number of nitrogen functional groups attached to an aromatic ring is 1. The number of nitrogens with one attached hydrogen (secondary N) is 2. The lowest BCUT2D eigenvalue weighted by atomic mass is 9.87. The van der Waals surface area contributed by atoms with E-state index in [1.807, 2.05) is 36.4 Å². The maximum absolute atomic E-state index is 6.01. The highest BCUT2D eigenvalue weighted by molar-refractivity contribution is 8.08. The molecule has 1 heterocycles. The predicted molar refractivity (Wildman–Crippen MR) is 135 cm³/mol. The van der Waals surface area contributed by atoms with Crippen molar-refractivity contribution in [2.24, 2.45) is 0 Å². The first-order valence-electron chi connectivity index (χ1n) is 9.57. The number of anilines is 3. The molecule has 0 amide bonds. The minimum atomic E-state index is 0.124. The minimum absolute atomic E-state index is 0.124. The minimum Gasteiger partial charge on any atom is -0.398 e. The van der Waals surface area contributed by atoms with Crippen LogP contribution in [-0.2, 0) is 5.41 Å². The number of thioether (sulfide) groups is 1. The summed E-state index contributed by atoms with van der Waals surface area (Å²) in [5.41, 5.74) is 10.9. The molecule has 0 saturated heterocycles. The third-order valence-electron chi connectivity index (χ3n) is 4.50. The number of hydrogen-bond acceptors (Lipinski definition) is 4. The van der Waals surface area contributed by atoms with Gasteiger partial charge in [-0.15, -0.1) is 0 Å². The van der Waals surface area contributed by atoms with Crippen molar-refractivity contribution in [1.29, 1.82) is 0 Å². The summed E-state index contributed by atoms with van der Waals surface area (Å²) in [6, 6.07) is 18.1. The number of pyridine rings is 1. The van der Waals surface area contributed by atoms with E-state index >= 15 is 0 Å². The van der Waals surface area contributed by atoms with Crippen molar-refractivity contribution in [2.45, 2.75) is 31.1 Å². The van der Waals surface area contributed by atoms with Crippen LogP contribution < -0.4 is 16.4 Å². The van der Waals surface area contributed by atoms with Crippen LogP contribution in [0.2, 0.25) is 0 Å². The Kier molecular flexibility index (Phi) is 6.80. The van der Waals surface area contributed by atoms with E-state index < -0.39 is 0 Å². The summed E-state index contributed by atoms with van der Waals surface area (Å²) >= 11 is 6.98. The summed E-state index contributed by atoms with van der Waals surface area (Å²) in [6.07, 6.45) is 3.43. The molecule has 154 valence electrons. The Hall–Kier alpha value is -2.83. The van der Waals surface area contributed by atoms with Crippen molar-refractivity contribution in [3.05, 3.63) is 84.7 Å². The quantitative estimate of drug-likeness (QED) is 0.313. The first-order valence-corrected chi connectivity index (χ1v) is 10.8. The highest BCUT2D eigenvalue weighted by Crippen LogP contribution is 2.36. The number of nitrogens with zero attached hydrogens (tertiary/aromatic N) is 1. The van der Waals surface area contributed by atoms with Gasteiger partial charge in [-0.1, -0.05) is 63.4 Å². The van der Waals surface area contributed by atoms with E-state index in [1.165, 1.54) is 17.3 Å². The van der Waals surface area contributed by atoms with Gasteiger partial charge in [0.1, 0.15) is 0 Å². The van der Waals surface area contributed by atoms with Crippen molar-refractivity contribution in [2.75, 3.05) is 16.4 Å². The molecule has 0 spiro atoms. The molecule has 0 saturated carbocycles. The zero-order valence-electron chi connectivity index (χ0n) is 17.4. The van der Waals surface area contributed by atoms with E-state index in [0.29, 0.717) is 10.8 Å². The van der Waals surface area contributed by atoms with Crippen LogP contribution in [0.15, 0.2) is 78.5 Å². The average Bonchev–Trinajstić information content (AvgIpc) is 2.69. The molecule has 2 aromatic carbocycles. The Balaban J connectivity index is 1.64. The second-order valence-corrected chi connectivity index (χ2v) is 9.47. The molecule has 6 heteroatoms. The zero-order valence-corrected chi connectivity index (χ0v) is 19.0. The van der Waals surface area contributed by atoms with Gasteiger partial charge in [-0.2, -0.15) is 0 Å². The van der Waals surface area contributed by atoms with Crippen LogP contribution in [-0.4, -0.2) is 10.1 Å². The fourth-order valence-electron chi connectivity index (χ4n) is 2.79. The molecule has 0 aliphatic heterocycles. The fraction of sp³-hybridized carbons (Fsp3) is 0.167. The molecule has 3 aromatic rings. The molecule has 0 fully saturated rings. The number of thiocarbonyl (C=S) groups is 1. The smallest absolute Gasteiger partial charge is 0.175 e. The van der Waals surface area contributed by atoms with Gasteiger partial charge < -0.3 is 16.4 Å². The lowest BCUT2D eigenvalue weighted by molar-refractivity contribution is 0.590. The summed E-state index contributed by atoms with van der Waals surface area (Å²) in [6.45, 7) is 10.8. The SMILES string of the molecule is C=C(Sc1cnccc1N)c1cccc(NC(=S)Nc2ccc(C(C)(C)C)cc2)c1. The topological polar surface area (TPSA) is 63.0 Å². The number of aromatic nitrogens is 1. The highest BCUT2D eigenvalue weighted by atomic mass is 32.2. The standard InChI is InChI=1S/C24H26N4S2/c1-16(30-22-15-26-13-12-21(22)25)17-6-5-7-20(14-17)28-23(29)27-19-10-8-18(9-11-19)24(2,3)4/h5-15H,1H2,2-4H3,(H2,25,26)(H2,27,28,29). The number of rotatable bonds is 5. The molecule has 0 radical (unpaired) electrons. The predicted octanol–water partition coefficient (Wildman–Crippen LogP) is 6.53. The summed E-state index contributed by atoms with van der Waals surface area (Å²) in [7, 11) is 0. The Morgan fingerprint density at radius 1 is 1.03 bits per heavy atom. The van der Waals surface area contributed by atoms with E-state index in [2.05, 4.69) is 55.1 Å². The van der Waals surface area contributed by atoms with Crippen molar-refractivity contribution < 1.29 is 0 Å².